The summed E-state index contributed by atoms with van der Waals surface area (Å²) < 4.78 is 4.46. The van der Waals surface area contributed by atoms with Crippen LogP contribution in [0.15, 0.2) is 0 Å². The smallest absolute Gasteiger partial charge is 0.328 e. The Morgan fingerprint density at radius 3 is 2.73 bits per heavy atom. The van der Waals surface area contributed by atoms with Gasteiger partial charge in [-0.05, 0) is 13.3 Å². The molecule has 0 aromatic carbocycles. The highest BCUT2D eigenvalue weighted by Gasteiger charge is 2.29. The minimum absolute atomic E-state index is 0.138. The van der Waals surface area contributed by atoms with Gasteiger partial charge in [0.25, 0.3) is 0 Å². The van der Waals surface area contributed by atoms with Crippen molar-refractivity contribution in [3.05, 3.63) is 0 Å². The van der Waals surface area contributed by atoms with E-state index >= 15 is 0 Å². The molecule has 1 aliphatic heterocycles. The molecule has 1 aliphatic rings. The number of amides is 2. The van der Waals surface area contributed by atoms with Gasteiger partial charge in [-0.15, -0.1) is 0 Å². The quantitative estimate of drug-likeness (QED) is 0.587. The highest BCUT2D eigenvalue weighted by atomic mass is 16.5. The van der Waals surface area contributed by atoms with Gasteiger partial charge in [0.05, 0.1) is 7.11 Å². The molecule has 2 amide bonds. The Hall–Kier alpha value is -1.59. The molecule has 0 radical (unpaired) electrons. The fourth-order valence-electron chi connectivity index (χ4n) is 1.36. The largest absolute Gasteiger partial charge is 0.467 e. The summed E-state index contributed by atoms with van der Waals surface area (Å²) in [5, 5.41) is 4.98. The zero-order valence-corrected chi connectivity index (χ0v) is 8.70. The molecule has 1 saturated heterocycles. The van der Waals surface area contributed by atoms with Crippen molar-refractivity contribution in [2.75, 3.05) is 7.11 Å². The minimum atomic E-state index is -0.694. The van der Waals surface area contributed by atoms with Gasteiger partial charge >= 0.3 is 5.97 Å². The fraction of sp³-hybridized carbons (Fsp3) is 0.667. The van der Waals surface area contributed by atoms with E-state index in [1.807, 2.05) is 0 Å². The standard InChI is InChI=1S/C9H14N2O4/c1-5(9(14)15-2)10-8(13)6-3-4-7(12)11-6/h5-6H,3-4H2,1-2H3,(H,10,13)(H,11,12)/t5-,6+/m0/s1. The van der Waals surface area contributed by atoms with Crippen LogP contribution in [-0.4, -0.2) is 37.0 Å². The molecule has 0 unspecified atom stereocenters. The normalized spacial score (nSPS) is 21.7. The molecule has 15 heavy (non-hydrogen) atoms. The van der Waals surface area contributed by atoms with E-state index in [1.165, 1.54) is 14.0 Å². The number of methoxy groups -OCH3 is 1. The zero-order valence-electron chi connectivity index (χ0n) is 8.70. The SMILES string of the molecule is COC(=O)[C@H](C)NC(=O)[C@H]1CCC(=O)N1. The third-order valence-corrected chi connectivity index (χ3v) is 2.23. The Morgan fingerprint density at radius 1 is 1.60 bits per heavy atom. The lowest BCUT2D eigenvalue weighted by Crippen LogP contribution is -2.47. The number of carbonyl (C=O) groups excluding carboxylic acids is 3. The maximum Gasteiger partial charge on any atom is 0.328 e. The molecule has 0 saturated carbocycles. The molecule has 2 N–H and O–H groups in total. The summed E-state index contributed by atoms with van der Waals surface area (Å²) >= 11 is 0. The number of hydrogen-bond donors (Lipinski definition) is 2. The highest BCUT2D eigenvalue weighted by Crippen LogP contribution is 2.06. The summed E-state index contributed by atoms with van der Waals surface area (Å²) in [5.41, 5.74) is 0. The van der Waals surface area contributed by atoms with E-state index in [4.69, 9.17) is 0 Å². The molecule has 0 aromatic rings. The lowest BCUT2D eigenvalue weighted by Gasteiger charge is -2.14. The summed E-state index contributed by atoms with van der Waals surface area (Å²) in [6.07, 6.45) is 0.823. The molecule has 0 aromatic heterocycles. The first-order chi connectivity index (χ1) is 7.04. The van der Waals surface area contributed by atoms with Crippen LogP contribution in [0.1, 0.15) is 19.8 Å². The van der Waals surface area contributed by atoms with Crippen molar-refractivity contribution < 1.29 is 19.1 Å². The molecule has 1 heterocycles. The van der Waals surface area contributed by atoms with Crippen LogP contribution in [0.5, 0.6) is 0 Å². The molecular formula is C9H14N2O4. The van der Waals surface area contributed by atoms with Gasteiger partial charge in [0.15, 0.2) is 0 Å². The molecular weight excluding hydrogens is 200 g/mol. The van der Waals surface area contributed by atoms with Crippen LogP contribution >= 0.6 is 0 Å². The molecule has 0 aliphatic carbocycles. The van der Waals surface area contributed by atoms with E-state index in [-0.39, 0.29) is 11.8 Å². The molecule has 0 spiro atoms. The second kappa shape index (κ2) is 4.77. The van der Waals surface area contributed by atoms with Crippen LogP contribution in [0.3, 0.4) is 0 Å². The molecule has 0 bridgehead atoms. The third-order valence-electron chi connectivity index (χ3n) is 2.23. The zero-order chi connectivity index (χ0) is 11.4. The molecule has 6 nitrogen and oxygen atoms in total. The number of rotatable bonds is 3. The Bertz CT molecular complexity index is 290. The van der Waals surface area contributed by atoms with Crippen molar-refractivity contribution in [2.24, 2.45) is 0 Å². The van der Waals surface area contributed by atoms with Crippen LogP contribution in [0.4, 0.5) is 0 Å². The van der Waals surface area contributed by atoms with Gasteiger partial charge in [-0.2, -0.15) is 0 Å². The summed E-state index contributed by atoms with van der Waals surface area (Å²) in [7, 11) is 1.25. The van der Waals surface area contributed by atoms with Gasteiger partial charge in [-0.3, -0.25) is 9.59 Å². The van der Waals surface area contributed by atoms with Crippen LogP contribution in [-0.2, 0) is 19.1 Å². The van der Waals surface area contributed by atoms with Gasteiger partial charge in [0, 0.05) is 6.42 Å². The van der Waals surface area contributed by atoms with E-state index in [2.05, 4.69) is 15.4 Å². The van der Waals surface area contributed by atoms with E-state index in [9.17, 15) is 14.4 Å². The lowest BCUT2D eigenvalue weighted by molar-refractivity contribution is -0.144. The van der Waals surface area contributed by atoms with Crippen molar-refractivity contribution in [3.8, 4) is 0 Å². The van der Waals surface area contributed by atoms with Gasteiger partial charge in [-0.25, -0.2) is 4.79 Å². The Kier molecular flexibility index (Phi) is 3.65. The summed E-state index contributed by atoms with van der Waals surface area (Å²) in [6.45, 7) is 1.53. The maximum atomic E-state index is 11.5. The first-order valence-corrected chi connectivity index (χ1v) is 4.72. The Morgan fingerprint density at radius 2 is 2.27 bits per heavy atom. The van der Waals surface area contributed by atoms with Crippen molar-refractivity contribution >= 4 is 17.8 Å². The van der Waals surface area contributed by atoms with Crippen molar-refractivity contribution in [1.82, 2.24) is 10.6 Å². The number of ether oxygens (including phenoxy) is 1. The maximum absolute atomic E-state index is 11.5. The predicted molar refractivity (Wildman–Crippen MR) is 50.8 cm³/mol. The minimum Gasteiger partial charge on any atom is -0.467 e. The molecule has 6 heteroatoms. The van der Waals surface area contributed by atoms with Crippen molar-refractivity contribution in [2.45, 2.75) is 31.8 Å². The van der Waals surface area contributed by atoms with E-state index in [0.717, 1.165) is 0 Å². The lowest BCUT2D eigenvalue weighted by atomic mass is 10.2. The average Bonchev–Trinajstić information content (AvgIpc) is 2.63. The number of nitrogens with one attached hydrogen (secondary N) is 2. The van der Waals surface area contributed by atoms with E-state index in [1.54, 1.807) is 0 Å². The summed E-state index contributed by atoms with van der Waals surface area (Å²) in [6, 6.07) is -1.22. The summed E-state index contributed by atoms with van der Waals surface area (Å²) in [5.74, 6) is -0.993. The number of esters is 1. The highest BCUT2D eigenvalue weighted by molar-refractivity contribution is 5.92. The van der Waals surface area contributed by atoms with Crippen LogP contribution < -0.4 is 10.6 Å². The third kappa shape index (κ3) is 2.93. The Balaban J connectivity index is 2.42. The topological polar surface area (TPSA) is 84.5 Å². The van der Waals surface area contributed by atoms with E-state index < -0.39 is 18.1 Å². The van der Waals surface area contributed by atoms with E-state index in [0.29, 0.717) is 12.8 Å². The van der Waals surface area contributed by atoms with Gasteiger partial charge in [0.1, 0.15) is 12.1 Å². The van der Waals surface area contributed by atoms with Crippen molar-refractivity contribution in [3.63, 3.8) is 0 Å². The van der Waals surface area contributed by atoms with Crippen LogP contribution in [0, 0.1) is 0 Å². The first-order valence-electron chi connectivity index (χ1n) is 4.72. The van der Waals surface area contributed by atoms with Gasteiger partial charge in [0.2, 0.25) is 11.8 Å². The van der Waals surface area contributed by atoms with Gasteiger partial charge in [-0.1, -0.05) is 0 Å². The fourth-order valence-corrected chi connectivity index (χ4v) is 1.36. The number of hydrogen-bond acceptors (Lipinski definition) is 4. The van der Waals surface area contributed by atoms with Crippen LogP contribution in [0.2, 0.25) is 0 Å². The molecule has 1 fully saturated rings. The average molecular weight is 214 g/mol. The Labute approximate surface area is 87.4 Å². The van der Waals surface area contributed by atoms with Crippen LogP contribution in [0.25, 0.3) is 0 Å². The predicted octanol–water partition coefficient (Wildman–Crippen LogP) is -1.06. The second-order valence-electron chi connectivity index (χ2n) is 3.41. The second-order valence-corrected chi connectivity index (χ2v) is 3.41. The molecule has 84 valence electrons. The van der Waals surface area contributed by atoms with Crippen molar-refractivity contribution in [1.29, 1.82) is 0 Å². The molecule has 1 rings (SSSR count). The van der Waals surface area contributed by atoms with Gasteiger partial charge < -0.3 is 15.4 Å². The number of carbonyl (C=O) groups is 3. The first kappa shape index (κ1) is 11.5. The monoisotopic (exact) mass is 214 g/mol. The molecule has 2 atom stereocenters. The summed E-state index contributed by atoms with van der Waals surface area (Å²) in [4.78, 5) is 33.3.